The van der Waals surface area contributed by atoms with Crippen LogP contribution in [0.25, 0.3) is 0 Å². The number of hydrogen-bond acceptors (Lipinski definition) is 5. The summed E-state index contributed by atoms with van der Waals surface area (Å²) in [7, 11) is -3.00. The van der Waals surface area contributed by atoms with Crippen LogP contribution in [0.1, 0.15) is 24.9 Å². The average Bonchev–Trinajstić information content (AvgIpc) is 2.85. The maximum Gasteiger partial charge on any atom is 0.315 e. The van der Waals surface area contributed by atoms with Crippen molar-refractivity contribution in [3.8, 4) is 11.5 Å². The molecule has 0 spiro atoms. The zero-order valence-electron chi connectivity index (χ0n) is 12.9. The number of carbonyl (C=O) groups excluding carboxylic acids is 1. The van der Waals surface area contributed by atoms with E-state index in [1.165, 1.54) is 0 Å². The lowest BCUT2D eigenvalue weighted by atomic mass is 10.1. The van der Waals surface area contributed by atoms with Crippen LogP contribution in [-0.2, 0) is 9.84 Å². The molecule has 2 N–H and O–H groups in total. The number of fused-ring (bicyclic) bond motifs is 1. The molecule has 1 fully saturated rings. The van der Waals surface area contributed by atoms with Gasteiger partial charge in [0, 0.05) is 6.04 Å². The molecule has 0 aromatic heterocycles. The molecule has 0 bridgehead atoms. The fourth-order valence-corrected chi connectivity index (χ4v) is 4.42. The third-order valence-corrected chi connectivity index (χ3v) is 5.75. The van der Waals surface area contributed by atoms with E-state index in [1.54, 1.807) is 0 Å². The molecular formula is C15H20N2O5S. The van der Waals surface area contributed by atoms with Crippen LogP contribution in [-0.4, -0.2) is 45.2 Å². The fraction of sp³-hybridized carbons (Fsp3) is 0.533. The van der Waals surface area contributed by atoms with E-state index in [4.69, 9.17) is 9.47 Å². The van der Waals surface area contributed by atoms with Crippen molar-refractivity contribution in [3.05, 3.63) is 23.8 Å². The van der Waals surface area contributed by atoms with Gasteiger partial charge in [-0.15, -0.1) is 0 Å². The Hall–Kier alpha value is -1.96. The van der Waals surface area contributed by atoms with Gasteiger partial charge in [0.15, 0.2) is 21.3 Å². The molecule has 0 radical (unpaired) electrons. The van der Waals surface area contributed by atoms with E-state index in [9.17, 15) is 13.2 Å². The Morgan fingerprint density at radius 2 is 2.00 bits per heavy atom. The Kier molecular flexibility index (Phi) is 4.34. The number of ether oxygens (including phenoxy) is 2. The first-order chi connectivity index (χ1) is 10.9. The van der Waals surface area contributed by atoms with E-state index in [0.717, 1.165) is 5.56 Å². The van der Waals surface area contributed by atoms with Gasteiger partial charge < -0.3 is 20.1 Å². The van der Waals surface area contributed by atoms with Crippen LogP contribution < -0.4 is 20.1 Å². The molecule has 3 rings (SSSR count). The van der Waals surface area contributed by atoms with Crippen molar-refractivity contribution in [2.75, 3.05) is 24.7 Å². The van der Waals surface area contributed by atoms with Gasteiger partial charge in [-0.25, -0.2) is 13.2 Å². The first-order valence-electron chi connectivity index (χ1n) is 7.60. The maximum atomic E-state index is 12.0. The van der Waals surface area contributed by atoms with Crippen molar-refractivity contribution in [1.82, 2.24) is 10.6 Å². The molecule has 126 valence electrons. The van der Waals surface area contributed by atoms with Crippen LogP contribution in [0, 0.1) is 0 Å². The normalized spacial score (nSPS) is 23.1. The number of nitrogens with one attached hydrogen (secondary N) is 2. The van der Waals surface area contributed by atoms with E-state index < -0.39 is 9.84 Å². The van der Waals surface area contributed by atoms with Crippen LogP contribution in [0.2, 0.25) is 0 Å². The quantitative estimate of drug-likeness (QED) is 0.856. The highest BCUT2D eigenvalue weighted by molar-refractivity contribution is 7.91. The topological polar surface area (TPSA) is 93.7 Å². The number of rotatable bonds is 3. The second-order valence-electron chi connectivity index (χ2n) is 5.84. The minimum Gasteiger partial charge on any atom is -0.486 e. The van der Waals surface area contributed by atoms with Crippen molar-refractivity contribution in [3.63, 3.8) is 0 Å². The van der Waals surface area contributed by atoms with Crippen molar-refractivity contribution in [1.29, 1.82) is 0 Å². The standard InChI is InChI=1S/C15H20N2O5S/c1-10(11-2-3-13-14(8-11)22-6-5-21-13)16-15(18)17-12-4-7-23(19,20)9-12/h2-3,8,10,12H,4-7,9H2,1H3,(H2,16,17,18)/t10-,12+/m0/s1. The van der Waals surface area contributed by atoms with Crippen molar-refractivity contribution >= 4 is 15.9 Å². The number of carbonyl (C=O) groups is 1. The molecule has 1 aromatic carbocycles. The van der Waals surface area contributed by atoms with Crippen LogP contribution in [0.15, 0.2) is 18.2 Å². The predicted octanol–water partition coefficient (Wildman–Crippen LogP) is 1.01. The molecule has 2 atom stereocenters. The maximum absolute atomic E-state index is 12.0. The molecule has 2 aliphatic heterocycles. The highest BCUT2D eigenvalue weighted by atomic mass is 32.2. The van der Waals surface area contributed by atoms with Gasteiger partial charge in [0.1, 0.15) is 13.2 Å². The number of benzene rings is 1. The monoisotopic (exact) mass is 340 g/mol. The van der Waals surface area contributed by atoms with Gasteiger partial charge in [-0.05, 0) is 31.0 Å². The third-order valence-electron chi connectivity index (χ3n) is 3.98. The first kappa shape index (κ1) is 15.9. The van der Waals surface area contributed by atoms with Gasteiger partial charge in [0.25, 0.3) is 0 Å². The predicted molar refractivity (Wildman–Crippen MR) is 84.6 cm³/mol. The van der Waals surface area contributed by atoms with Crippen molar-refractivity contribution < 1.29 is 22.7 Å². The van der Waals surface area contributed by atoms with Crippen molar-refractivity contribution in [2.45, 2.75) is 25.4 Å². The molecule has 2 heterocycles. The van der Waals surface area contributed by atoms with Gasteiger partial charge in [0.05, 0.1) is 17.5 Å². The molecule has 23 heavy (non-hydrogen) atoms. The first-order valence-corrected chi connectivity index (χ1v) is 9.42. The highest BCUT2D eigenvalue weighted by Gasteiger charge is 2.29. The van der Waals surface area contributed by atoms with Gasteiger partial charge in [-0.1, -0.05) is 6.07 Å². The fourth-order valence-electron chi connectivity index (χ4n) is 2.75. The minimum absolute atomic E-state index is 0.0127. The third kappa shape index (κ3) is 3.87. The van der Waals surface area contributed by atoms with Gasteiger partial charge in [0.2, 0.25) is 0 Å². The lowest BCUT2D eigenvalue weighted by Crippen LogP contribution is -2.43. The van der Waals surface area contributed by atoms with Crippen LogP contribution >= 0.6 is 0 Å². The lowest BCUT2D eigenvalue weighted by Gasteiger charge is -2.21. The largest absolute Gasteiger partial charge is 0.486 e. The lowest BCUT2D eigenvalue weighted by molar-refractivity contribution is 0.171. The number of amides is 2. The second kappa shape index (κ2) is 6.27. The van der Waals surface area contributed by atoms with Gasteiger partial charge in [-0.2, -0.15) is 0 Å². The van der Waals surface area contributed by atoms with Crippen LogP contribution in [0.4, 0.5) is 4.79 Å². The number of urea groups is 1. The molecule has 0 aliphatic carbocycles. The van der Waals surface area contributed by atoms with Crippen molar-refractivity contribution in [2.24, 2.45) is 0 Å². The Bertz CT molecular complexity index is 704. The highest BCUT2D eigenvalue weighted by Crippen LogP contribution is 2.32. The van der Waals surface area contributed by atoms with Crippen LogP contribution in [0.3, 0.4) is 0 Å². The average molecular weight is 340 g/mol. The zero-order valence-corrected chi connectivity index (χ0v) is 13.7. The van der Waals surface area contributed by atoms with E-state index >= 15 is 0 Å². The molecule has 8 heteroatoms. The smallest absolute Gasteiger partial charge is 0.315 e. The summed E-state index contributed by atoms with van der Waals surface area (Å²) < 4.78 is 33.8. The Morgan fingerprint density at radius 3 is 2.70 bits per heavy atom. The van der Waals surface area contributed by atoms with E-state index in [2.05, 4.69) is 10.6 Å². The summed E-state index contributed by atoms with van der Waals surface area (Å²) in [6, 6.07) is 4.63. The number of sulfone groups is 1. The minimum atomic E-state index is -3.00. The Labute approximate surface area is 135 Å². The zero-order chi connectivity index (χ0) is 16.4. The molecule has 2 amide bonds. The summed E-state index contributed by atoms with van der Waals surface area (Å²) in [5.74, 6) is 1.52. The summed E-state index contributed by atoms with van der Waals surface area (Å²) >= 11 is 0. The molecular weight excluding hydrogens is 320 g/mol. The molecule has 7 nitrogen and oxygen atoms in total. The Morgan fingerprint density at radius 1 is 1.26 bits per heavy atom. The molecule has 0 unspecified atom stereocenters. The summed E-state index contributed by atoms with van der Waals surface area (Å²) in [6.07, 6.45) is 0.466. The molecule has 2 aliphatic rings. The molecule has 0 saturated carbocycles. The molecule has 1 saturated heterocycles. The van der Waals surface area contributed by atoms with E-state index in [0.29, 0.717) is 31.1 Å². The molecule has 1 aromatic rings. The van der Waals surface area contributed by atoms with E-state index in [-0.39, 0.29) is 29.6 Å². The Balaban J connectivity index is 1.58. The summed E-state index contributed by atoms with van der Waals surface area (Å²) in [5.41, 5.74) is 0.892. The summed E-state index contributed by atoms with van der Waals surface area (Å²) in [4.78, 5) is 12.0. The SMILES string of the molecule is C[C@H](NC(=O)N[C@@H]1CCS(=O)(=O)C1)c1ccc2c(c1)OCCO2. The summed E-state index contributed by atoms with van der Waals surface area (Å²) in [6.45, 7) is 2.90. The van der Waals surface area contributed by atoms with Gasteiger partial charge in [-0.3, -0.25) is 0 Å². The summed E-state index contributed by atoms with van der Waals surface area (Å²) in [5, 5.41) is 5.53. The van der Waals surface area contributed by atoms with E-state index in [1.807, 2.05) is 25.1 Å². The van der Waals surface area contributed by atoms with Crippen LogP contribution in [0.5, 0.6) is 11.5 Å². The second-order valence-corrected chi connectivity index (χ2v) is 8.07. The van der Waals surface area contributed by atoms with Gasteiger partial charge >= 0.3 is 6.03 Å². The number of hydrogen-bond donors (Lipinski definition) is 2.